The van der Waals surface area contributed by atoms with E-state index in [2.05, 4.69) is 15.4 Å². The molecule has 2 aromatic heterocycles. The lowest BCUT2D eigenvalue weighted by molar-refractivity contribution is 0.0647. The Labute approximate surface area is 139 Å². The van der Waals surface area contributed by atoms with Crippen LogP contribution in [0.3, 0.4) is 0 Å². The third-order valence-electron chi connectivity index (χ3n) is 4.34. The standard InChI is InChI=1S/C18H18N4O2/c1-12(15-8-5-11-24-15)22(14-9-10-14)18(23)17-16(19-21-20-17)13-6-3-2-4-7-13/h2-8,11-12,14H,9-10H2,1H3,(H,19,20,21). The Morgan fingerprint density at radius 1 is 1.21 bits per heavy atom. The monoisotopic (exact) mass is 322 g/mol. The van der Waals surface area contributed by atoms with Gasteiger partial charge in [0.1, 0.15) is 11.5 Å². The van der Waals surface area contributed by atoms with Crippen LogP contribution in [0.25, 0.3) is 11.3 Å². The molecule has 1 atom stereocenters. The highest BCUT2D eigenvalue weighted by atomic mass is 16.3. The van der Waals surface area contributed by atoms with E-state index in [4.69, 9.17) is 4.42 Å². The number of rotatable bonds is 5. The largest absolute Gasteiger partial charge is 0.467 e. The van der Waals surface area contributed by atoms with Gasteiger partial charge in [0.25, 0.3) is 5.91 Å². The van der Waals surface area contributed by atoms with Gasteiger partial charge in [0.15, 0.2) is 5.69 Å². The van der Waals surface area contributed by atoms with E-state index >= 15 is 0 Å². The van der Waals surface area contributed by atoms with E-state index in [9.17, 15) is 4.79 Å². The van der Waals surface area contributed by atoms with Crippen molar-refractivity contribution in [2.75, 3.05) is 0 Å². The van der Waals surface area contributed by atoms with Gasteiger partial charge in [-0.3, -0.25) is 4.79 Å². The first-order valence-corrected chi connectivity index (χ1v) is 8.08. The molecule has 4 rings (SSSR count). The number of carbonyl (C=O) groups is 1. The Morgan fingerprint density at radius 3 is 2.67 bits per heavy atom. The summed E-state index contributed by atoms with van der Waals surface area (Å²) in [5.74, 6) is 0.661. The summed E-state index contributed by atoms with van der Waals surface area (Å²) in [5, 5.41) is 10.9. The lowest BCUT2D eigenvalue weighted by atomic mass is 10.1. The van der Waals surface area contributed by atoms with E-state index in [0.29, 0.717) is 11.4 Å². The fourth-order valence-electron chi connectivity index (χ4n) is 2.98. The second kappa shape index (κ2) is 5.96. The Balaban J connectivity index is 1.68. The number of nitrogens with one attached hydrogen (secondary N) is 1. The summed E-state index contributed by atoms with van der Waals surface area (Å²) >= 11 is 0. The first-order chi connectivity index (χ1) is 11.8. The smallest absolute Gasteiger partial charge is 0.277 e. The summed E-state index contributed by atoms with van der Waals surface area (Å²) in [6, 6.07) is 13.4. The molecule has 3 aromatic rings. The topological polar surface area (TPSA) is 75.0 Å². The fraction of sp³-hybridized carbons (Fsp3) is 0.278. The lowest BCUT2D eigenvalue weighted by Crippen LogP contribution is -2.36. The van der Waals surface area contributed by atoms with Crippen LogP contribution >= 0.6 is 0 Å². The Morgan fingerprint density at radius 2 is 2.00 bits per heavy atom. The van der Waals surface area contributed by atoms with E-state index in [-0.39, 0.29) is 18.0 Å². The van der Waals surface area contributed by atoms with Crippen LogP contribution in [0.5, 0.6) is 0 Å². The normalized spacial score (nSPS) is 15.2. The minimum atomic E-state index is -0.139. The van der Waals surface area contributed by atoms with E-state index in [1.54, 1.807) is 6.26 Å². The molecule has 0 aliphatic heterocycles. The van der Waals surface area contributed by atoms with E-state index < -0.39 is 0 Å². The molecule has 24 heavy (non-hydrogen) atoms. The van der Waals surface area contributed by atoms with Crippen molar-refractivity contribution < 1.29 is 9.21 Å². The van der Waals surface area contributed by atoms with E-state index in [1.807, 2.05) is 54.3 Å². The predicted molar refractivity (Wildman–Crippen MR) is 88.1 cm³/mol. The molecule has 0 saturated heterocycles. The zero-order valence-corrected chi connectivity index (χ0v) is 13.3. The molecule has 1 fully saturated rings. The van der Waals surface area contributed by atoms with Crippen molar-refractivity contribution >= 4 is 5.91 Å². The van der Waals surface area contributed by atoms with Crippen molar-refractivity contribution in [2.45, 2.75) is 31.8 Å². The van der Waals surface area contributed by atoms with Crippen molar-refractivity contribution in [1.82, 2.24) is 20.3 Å². The fourth-order valence-corrected chi connectivity index (χ4v) is 2.98. The van der Waals surface area contributed by atoms with Crippen molar-refractivity contribution in [3.63, 3.8) is 0 Å². The highest BCUT2D eigenvalue weighted by molar-refractivity contribution is 5.98. The van der Waals surface area contributed by atoms with Crippen LogP contribution in [0, 0.1) is 0 Å². The van der Waals surface area contributed by atoms with Gasteiger partial charge in [-0.1, -0.05) is 30.3 Å². The zero-order chi connectivity index (χ0) is 16.5. The van der Waals surface area contributed by atoms with Gasteiger partial charge in [0.2, 0.25) is 0 Å². The van der Waals surface area contributed by atoms with Crippen molar-refractivity contribution in [3.05, 3.63) is 60.2 Å². The number of nitrogens with zero attached hydrogens (tertiary/aromatic N) is 3. The van der Waals surface area contributed by atoms with Crippen molar-refractivity contribution in [3.8, 4) is 11.3 Å². The maximum atomic E-state index is 13.2. The molecule has 2 heterocycles. The minimum absolute atomic E-state index is 0.117. The first-order valence-electron chi connectivity index (χ1n) is 8.08. The lowest BCUT2D eigenvalue weighted by Gasteiger charge is -2.27. The molecule has 6 nitrogen and oxygen atoms in total. The summed E-state index contributed by atoms with van der Waals surface area (Å²) < 4.78 is 5.50. The number of hydrogen-bond donors (Lipinski definition) is 1. The number of amides is 1. The zero-order valence-electron chi connectivity index (χ0n) is 13.3. The molecule has 0 radical (unpaired) electrons. The van der Waals surface area contributed by atoms with Crippen LogP contribution in [0.4, 0.5) is 0 Å². The molecule has 0 spiro atoms. The summed E-state index contributed by atoms with van der Waals surface area (Å²) in [4.78, 5) is 15.0. The quantitative estimate of drug-likeness (QED) is 0.781. The number of aromatic nitrogens is 3. The summed E-state index contributed by atoms with van der Waals surface area (Å²) in [7, 11) is 0. The number of hydrogen-bond acceptors (Lipinski definition) is 4. The SMILES string of the molecule is CC(c1ccco1)N(C(=O)c1n[nH]nc1-c1ccccc1)C1CC1. The Hall–Kier alpha value is -2.89. The molecule has 1 aromatic carbocycles. The Bertz CT molecular complexity index is 822. The number of aromatic amines is 1. The van der Waals surface area contributed by atoms with Crippen LogP contribution in [0.15, 0.2) is 53.1 Å². The molecule has 122 valence electrons. The van der Waals surface area contributed by atoms with Crippen LogP contribution in [-0.2, 0) is 0 Å². The average Bonchev–Trinajstić information content (AvgIpc) is 3.12. The van der Waals surface area contributed by atoms with Crippen LogP contribution in [0.1, 0.15) is 42.1 Å². The molecule has 0 bridgehead atoms. The van der Waals surface area contributed by atoms with Crippen molar-refractivity contribution in [2.24, 2.45) is 0 Å². The number of H-pyrrole nitrogens is 1. The number of furan rings is 1. The van der Waals surface area contributed by atoms with Gasteiger partial charge in [-0.25, -0.2) is 0 Å². The van der Waals surface area contributed by atoms with Crippen LogP contribution in [0.2, 0.25) is 0 Å². The summed E-state index contributed by atoms with van der Waals surface area (Å²) in [6.07, 6.45) is 3.65. The van der Waals surface area contributed by atoms with Crippen LogP contribution in [-0.4, -0.2) is 32.3 Å². The van der Waals surface area contributed by atoms with Gasteiger partial charge in [-0.05, 0) is 31.9 Å². The molecule has 1 aliphatic rings. The number of carbonyl (C=O) groups excluding carboxylic acids is 1. The molecule has 1 amide bonds. The van der Waals surface area contributed by atoms with E-state index in [0.717, 1.165) is 24.2 Å². The summed E-state index contributed by atoms with van der Waals surface area (Å²) in [5.41, 5.74) is 1.81. The third kappa shape index (κ3) is 2.60. The van der Waals surface area contributed by atoms with Gasteiger partial charge in [0, 0.05) is 11.6 Å². The minimum Gasteiger partial charge on any atom is -0.467 e. The molecule has 1 unspecified atom stereocenters. The molecule has 6 heteroatoms. The molecular weight excluding hydrogens is 304 g/mol. The molecule has 1 saturated carbocycles. The molecule has 1 aliphatic carbocycles. The third-order valence-corrected chi connectivity index (χ3v) is 4.34. The highest BCUT2D eigenvalue weighted by Gasteiger charge is 2.39. The number of benzene rings is 1. The first kappa shape index (κ1) is 14.7. The van der Waals surface area contributed by atoms with Gasteiger partial charge in [-0.15, -0.1) is 0 Å². The van der Waals surface area contributed by atoms with Gasteiger partial charge < -0.3 is 9.32 Å². The van der Waals surface area contributed by atoms with Crippen LogP contribution < -0.4 is 0 Å². The average molecular weight is 322 g/mol. The maximum absolute atomic E-state index is 13.2. The predicted octanol–water partition coefficient (Wildman–Crippen LogP) is 3.43. The van der Waals surface area contributed by atoms with Gasteiger partial charge in [-0.2, -0.15) is 15.4 Å². The maximum Gasteiger partial charge on any atom is 0.277 e. The van der Waals surface area contributed by atoms with Crippen molar-refractivity contribution in [1.29, 1.82) is 0 Å². The van der Waals surface area contributed by atoms with Gasteiger partial charge >= 0.3 is 0 Å². The second-order valence-electron chi connectivity index (χ2n) is 6.02. The van der Waals surface area contributed by atoms with Gasteiger partial charge in [0.05, 0.1) is 12.3 Å². The second-order valence-corrected chi connectivity index (χ2v) is 6.02. The molecular formula is C18H18N4O2. The molecule has 1 N–H and O–H groups in total. The highest BCUT2D eigenvalue weighted by Crippen LogP contribution is 2.36. The summed E-state index contributed by atoms with van der Waals surface area (Å²) in [6.45, 7) is 1.98. The van der Waals surface area contributed by atoms with E-state index in [1.165, 1.54) is 0 Å². The Kier molecular flexibility index (Phi) is 3.65.